The summed E-state index contributed by atoms with van der Waals surface area (Å²) in [6.07, 6.45) is 2.52. The van der Waals surface area contributed by atoms with E-state index in [1.165, 1.54) is 9.47 Å². The van der Waals surface area contributed by atoms with Gasteiger partial charge in [-0.2, -0.15) is 0 Å². The molecule has 2 N–H and O–H groups in total. The van der Waals surface area contributed by atoms with E-state index in [1.54, 1.807) is 54.7 Å². The van der Waals surface area contributed by atoms with Crippen molar-refractivity contribution in [2.75, 3.05) is 11.9 Å². The van der Waals surface area contributed by atoms with Crippen LogP contribution in [0, 0.1) is 5.21 Å². The molecular weight excluding hydrogens is 412 g/mol. The SMILES string of the molecule is O=C1Nc2ccccc2C(=O)n2cc(c3ccccc32)CC(N([O-])O)C(=O)N2CCCC12. The zero-order valence-electron chi connectivity index (χ0n) is 17.1. The van der Waals surface area contributed by atoms with E-state index in [-0.39, 0.29) is 17.6 Å². The summed E-state index contributed by atoms with van der Waals surface area (Å²) in [7, 11) is 0. The Labute approximate surface area is 183 Å². The van der Waals surface area contributed by atoms with E-state index in [0.717, 1.165) is 0 Å². The summed E-state index contributed by atoms with van der Waals surface area (Å²) in [5.74, 6) is -1.39. The third-order valence-electron chi connectivity index (χ3n) is 6.23. The van der Waals surface area contributed by atoms with Crippen LogP contribution in [0.2, 0.25) is 0 Å². The van der Waals surface area contributed by atoms with Gasteiger partial charge >= 0.3 is 0 Å². The largest absolute Gasteiger partial charge is 0.762 e. The van der Waals surface area contributed by atoms with Gasteiger partial charge in [0.1, 0.15) is 12.1 Å². The van der Waals surface area contributed by atoms with Gasteiger partial charge in [-0.05, 0) is 36.6 Å². The summed E-state index contributed by atoms with van der Waals surface area (Å²) >= 11 is 0. The summed E-state index contributed by atoms with van der Waals surface area (Å²) in [6, 6.07) is 11.7. The number of hydrogen-bond acceptors (Lipinski definition) is 6. The van der Waals surface area contributed by atoms with Gasteiger partial charge in [0.2, 0.25) is 11.8 Å². The fourth-order valence-corrected chi connectivity index (χ4v) is 4.67. The number of para-hydroxylation sites is 2. The molecule has 0 saturated carbocycles. The molecule has 9 heteroatoms. The van der Waals surface area contributed by atoms with E-state index in [0.29, 0.717) is 47.1 Å². The number of nitrogens with one attached hydrogen (secondary N) is 1. The molecule has 32 heavy (non-hydrogen) atoms. The Kier molecular flexibility index (Phi) is 5.01. The molecule has 1 aromatic heterocycles. The van der Waals surface area contributed by atoms with Gasteiger partial charge in [0.05, 0.1) is 16.8 Å². The zero-order valence-corrected chi connectivity index (χ0v) is 17.1. The molecule has 1 saturated heterocycles. The Morgan fingerprint density at radius 1 is 1.06 bits per heavy atom. The van der Waals surface area contributed by atoms with Crippen molar-refractivity contribution >= 4 is 34.3 Å². The molecule has 2 atom stereocenters. The van der Waals surface area contributed by atoms with Crippen molar-refractivity contribution in [2.24, 2.45) is 0 Å². The zero-order chi connectivity index (χ0) is 22.4. The highest BCUT2D eigenvalue weighted by Gasteiger charge is 2.38. The van der Waals surface area contributed by atoms with Crippen LogP contribution in [-0.2, 0) is 16.0 Å². The Hall–Kier alpha value is -3.53. The first-order valence-electron chi connectivity index (χ1n) is 10.4. The minimum Gasteiger partial charge on any atom is -0.762 e. The van der Waals surface area contributed by atoms with Gasteiger partial charge in [-0.15, -0.1) is 0 Å². The standard InChI is InChI=1S/C23H21N4O5/c28-21-19-10-5-11-25(19)23(30)20(27(31)32)12-14-13-26(18-9-4-2-6-15(14)18)22(29)16-7-1-3-8-17(16)24-21/h1-4,6-9,13,19-20,31H,5,10-12H2,(H,24,28)/q-1. The first-order chi connectivity index (χ1) is 15.5. The van der Waals surface area contributed by atoms with Gasteiger partial charge in [-0.3, -0.25) is 24.2 Å². The van der Waals surface area contributed by atoms with Crippen LogP contribution in [-0.4, -0.2) is 56.3 Å². The topological polar surface area (TPSA) is 118 Å². The molecule has 3 heterocycles. The summed E-state index contributed by atoms with van der Waals surface area (Å²) in [6.45, 7) is 0.309. The van der Waals surface area contributed by atoms with Crippen molar-refractivity contribution in [3.05, 3.63) is 71.1 Å². The predicted molar refractivity (Wildman–Crippen MR) is 116 cm³/mol. The molecule has 5 rings (SSSR count). The third-order valence-corrected chi connectivity index (χ3v) is 6.23. The van der Waals surface area contributed by atoms with Crippen molar-refractivity contribution in [1.82, 2.24) is 14.7 Å². The lowest BCUT2D eigenvalue weighted by atomic mass is 10.0. The molecule has 2 bridgehead atoms. The molecule has 0 aliphatic carbocycles. The molecule has 2 aromatic carbocycles. The summed E-state index contributed by atoms with van der Waals surface area (Å²) in [5.41, 5.74) is 1.84. The molecule has 2 amide bonds. The van der Waals surface area contributed by atoms with E-state index in [2.05, 4.69) is 5.32 Å². The quantitative estimate of drug-likeness (QED) is 0.569. The maximum absolute atomic E-state index is 13.5. The van der Waals surface area contributed by atoms with Crippen molar-refractivity contribution in [3.63, 3.8) is 0 Å². The van der Waals surface area contributed by atoms with Crippen LogP contribution in [0.15, 0.2) is 54.7 Å². The maximum atomic E-state index is 13.5. The fourth-order valence-electron chi connectivity index (χ4n) is 4.67. The highest BCUT2D eigenvalue weighted by Crippen LogP contribution is 2.29. The first kappa shape index (κ1) is 20.4. The van der Waals surface area contributed by atoms with E-state index >= 15 is 0 Å². The third kappa shape index (κ3) is 3.27. The molecule has 2 unspecified atom stereocenters. The number of benzene rings is 2. The van der Waals surface area contributed by atoms with Gasteiger partial charge in [-0.1, -0.05) is 30.3 Å². The van der Waals surface area contributed by atoms with Crippen LogP contribution in [0.5, 0.6) is 0 Å². The highest BCUT2D eigenvalue weighted by molar-refractivity contribution is 6.09. The van der Waals surface area contributed by atoms with E-state index < -0.39 is 23.9 Å². The number of hydrogen-bond donors (Lipinski definition) is 2. The lowest BCUT2D eigenvalue weighted by Gasteiger charge is -2.34. The first-order valence-corrected chi connectivity index (χ1v) is 10.4. The molecule has 3 aromatic rings. The lowest BCUT2D eigenvalue weighted by Crippen LogP contribution is -2.51. The smallest absolute Gasteiger partial charge is 0.264 e. The second-order valence-corrected chi connectivity index (χ2v) is 8.09. The van der Waals surface area contributed by atoms with Gasteiger partial charge in [-0.25, -0.2) is 0 Å². The minimum absolute atomic E-state index is 0.105. The average molecular weight is 433 g/mol. The molecule has 1 fully saturated rings. The van der Waals surface area contributed by atoms with Crippen LogP contribution < -0.4 is 5.32 Å². The van der Waals surface area contributed by atoms with Crippen LogP contribution in [0.3, 0.4) is 0 Å². The molecule has 2 aliphatic heterocycles. The summed E-state index contributed by atoms with van der Waals surface area (Å²) in [4.78, 5) is 41.2. The van der Waals surface area contributed by atoms with Gasteiger partial charge in [0, 0.05) is 24.5 Å². The van der Waals surface area contributed by atoms with Crippen molar-refractivity contribution < 1.29 is 19.6 Å². The number of carbonyl (C=O) groups is 3. The van der Waals surface area contributed by atoms with Crippen molar-refractivity contribution in [2.45, 2.75) is 31.3 Å². The highest BCUT2D eigenvalue weighted by atomic mass is 16.8. The Bertz CT molecular complexity index is 1230. The monoisotopic (exact) mass is 433 g/mol. The van der Waals surface area contributed by atoms with E-state index in [9.17, 15) is 24.8 Å². The molecular formula is C23H21N4O5-. The number of hydroxylamine groups is 2. The number of carbonyl (C=O) groups excluding carboxylic acids is 3. The van der Waals surface area contributed by atoms with Gasteiger partial charge < -0.3 is 20.6 Å². The van der Waals surface area contributed by atoms with Crippen LogP contribution in [0.1, 0.15) is 28.8 Å². The number of anilines is 1. The number of rotatable bonds is 1. The van der Waals surface area contributed by atoms with Gasteiger partial charge in [0.15, 0.2) is 0 Å². The molecule has 9 nitrogen and oxygen atoms in total. The average Bonchev–Trinajstić information content (AvgIpc) is 3.42. The molecule has 164 valence electrons. The lowest BCUT2D eigenvalue weighted by molar-refractivity contribution is -0.153. The van der Waals surface area contributed by atoms with E-state index in [1.807, 2.05) is 0 Å². The number of nitrogens with zero attached hydrogens (tertiary/aromatic N) is 3. The maximum Gasteiger partial charge on any atom is 0.264 e. The van der Waals surface area contributed by atoms with Crippen LogP contribution >= 0.6 is 0 Å². The molecule has 2 aliphatic rings. The molecule has 0 spiro atoms. The second-order valence-electron chi connectivity index (χ2n) is 8.09. The number of amides is 2. The van der Waals surface area contributed by atoms with E-state index in [4.69, 9.17) is 0 Å². The molecule has 0 radical (unpaired) electrons. The second kappa shape index (κ2) is 7.86. The van der Waals surface area contributed by atoms with Gasteiger partial charge in [0.25, 0.3) is 5.91 Å². The summed E-state index contributed by atoms with van der Waals surface area (Å²) in [5, 5.41) is 24.9. The minimum atomic E-state index is -1.43. The Balaban J connectivity index is 1.72. The Morgan fingerprint density at radius 3 is 2.62 bits per heavy atom. The number of fused-ring (bicyclic) bond motifs is 7. The fraction of sp³-hybridized carbons (Fsp3) is 0.261. The normalized spacial score (nSPS) is 21.6. The predicted octanol–water partition coefficient (Wildman–Crippen LogP) is 2.37. The summed E-state index contributed by atoms with van der Waals surface area (Å²) < 4.78 is 1.45. The number of aromatic nitrogens is 1. The Morgan fingerprint density at radius 2 is 1.81 bits per heavy atom. The van der Waals surface area contributed by atoms with Crippen LogP contribution in [0.25, 0.3) is 10.9 Å². The van der Waals surface area contributed by atoms with Crippen molar-refractivity contribution in [3.8, 4) is 0 Å². The van der Waals surface area contributed by atoms with Crippen molar-refractivity contribution in [1.29, 1.82) is 0 Å². The van der Waals surface area contributed by atoms with Crippen LogP contribution in [0.4, 0.5) is 5.69 Å².